The first-order chi connectivity index (χ1) is 9.99. The summed E-state index contributed by atoms with van der Waals surface area (Å²) in [7, 11) is 1.89. The van der Waals surface area contributed by atoms with Gasteiger partial charge in [-0.2, -0.15) is 0 Å². The molecule has 0 aliphatic carbocycles. The number of likely N-dealkylation sites (tertiary alicyclic amines) is 1. The molecule has 1 amide bonds. The summed E-state index contributed by atoms with van der Waals surface area (Å²) in [5, 5.41) is 0.724. The molecule has 0 spiro atoms. The Kier molecular flexibility index (Phi) is 5.65. The molecule has 1 fully saturated rings. The lowest BCUT2D eigenvalue weighted by atomic mass is 10.0. The van der Waals surface area contributed by atoms with Crippen molar-refractivity contribution in [3.05, 3.63) is 34.9 Å². The van der Waals surface area contributed by atoms with Gasteiger partial charge in [0.25, 0.3) is 0 Å². The molecule has 21 heavy (non-hydrogen) atoms. The monoisotopic (exact) mass is 308 g/mol. The lowest BCUT2D eigenvalue weighted by Crippen LogP contribution is -2.45. The number of carbonyl (C=O) groups excluding carboxylic acids is 1. The van der Waals surface area contributed by atoms with E-state index < -0.39 is 0 Å². The number of carbonyl (C=O) groups is 1. The van der Waals surface area contributed by atoms with Crippen LogP contribution in [0.1, 0.15) is 44.7 Å². The molecule has 0 N–H and O–H groups in total. The molecule has 1 aromatic carbocycles. The highest BCUT2D eigenvalue weighted by atomic mass is 35.5. The van der Waals surface area contributed by atoms with E-state index >= 15 is 0 Å². The second-order valence-electron chi connectivity index (χ2n) is 6.05. The highest BCUT2D eigenvalue weighted by molar-refractivity contribution is 6.30. The van der Waals surface area contributed by atoms with Crippen LogP contribution in [0.3, 0.4) is 0 Å². The maximum atomic E-state index is 12.5. The molecule has 1 aromatic rings. The minimum atomic E-state index is 0.0647. The summed E-state index contributed by atoms with van der Waals surface area (Å²) < 4.78 is 0. The minimum absolute atomic E-state index is 0.0647. The Balaban J connectivity index is 1.96. The van der Waals surface area contributed by atoms with Crippen LogP contribution in [-0.4, -0.2) is 41.9 Å². The van der Waals surface area contributed by atoms with E-state index in [9.17, 15) is 4.79 Å². The molecular weight excluding hydrogens is 284 g/mol. The van der Waals surface area contributed by atoms with Gasteiger partial charge in [-0.1, -0.05) is 30.2 Å². The van der Waals surface area contributed by atoms with Crippen LogP contribution in [0.4, 0.5) is 0 Å². The van der Waals surface area contributed by atoms with Gasteiger partial charge in [-0.25, -0.2) is 0 Å². The van der Waals surface area contributed by atoms with Crippen molar-refractivity contribution in [2.45, 2.75) is 45.2 Å². The smallest absolute Gasteiger partial charge is 0.237 e. The summed E-state index contributed by atoms with van der Waals surface area (Å²) in [6.07, 6.45) is 3.68. The number of piperidine rings is 1. The topological polar surface area (TPSA) is 23.6 Å². The third-order valence-electron chi connectivity index (χ3n) is 4.61. The predicted molar refractivity (Wildman–Crippen MR) is 87.5 cm³/mol. The molecule has 2 atom stereocenters. The summed E-state index contributed by atoms with van der Waals surface area (Å²) in [6, 6.07) is 8.30. The van der Waals surface area contributed by atoms with Gasteiger partial charge in [0.2, 0.25) is 5.91 Å². The van der Waals surface area contributed by atoms with Crippen molar-refractivity contribution in [2.75, 3.05) is 20.1 Å². The van der Waals surface area contributed by atoms with E-state index in [0.717, 1.165) is 17.1 Å². The van der Waals surface area contributed by atoms with E-state index in [1.807, 2.05) is 36.2 Å². The standard InChI is InChI=1S/C17H25ClN2O/c1-13-6-4-5-11-20(13)12-17(21)19(3)14(2)15-7-9-16(18)10-8-15/h7-10,13-14H,4-6,11-12H2,1-3H3. The molecule has 0 radical (unpaired) electrons. The second kappa shape index (κ2) is 7.28. The van der Waals surface area contributed by atoms with Gasteiger partial charge in [0.05, 0.1) is 12.6 Å². The number of hydrogen-bond acceptors (Lipinski definition) is 2. The van der Waals surface area contributed by atoms with Crippen LogP contribution in [0.2, 0.25) is 5.02 Å². The van der Waals surface area contributed by atoms with Crippen LogP contribution in [0, 0.1) is 0 Å². The van der Waals surface area contributed by atoms with Gasteiger partial charge < -0.3 is 4.90 Å². The zero-order valence-electron chi connectivity index (χ0n) is 13.2. The molecule has 1 saturated heterocycles. The Hall–Kier alpha value is -1.06. The van der Waals surface area contributed by atoms with Crippen LogP contribution >= 0.6 is 11.6 Å². The Bertz CT molecular complexity index is 474. The fourth-order valence-corrected chi connectivity index (χ4v) is 2.98. The zero-order valence-corrected chi connectivity index (χ0v) is 13.9. The molecule has 0 aromatic heterocycles. The molecule has 1 heterocycles. The molecule has 2 rings (SSSR count). The number of nitrogens with zero attached hydrogens (tertiary/aromatic N) is 2. The van der Waals surface area contributed by atoms with Gasteiger partial charge in [-0.15, -0.1) is 0 Å². The third-order valence-corrected chi connectivity index (χ3v) is 4.86. The Morgan fingerprint density at radius 3 is 2.67 bits per heavy atom. The average molecular weight is 309 g/mol. The summed E-state index contributed by atoms with van der Waals surface area (Å²) in [6.45, 7) is 5.83. The van der Waals surface area contributed by atoms with Crippen molar-refractivity contribution in [3.8, 4) is 0 Å². The lowest BCUT2D eigenvalue weighted by molar-refractivity contribution is -0.133. The van der Waals surface area contributed by atoms with Crippen LogP contribution in [0.15, 0.2) is 24.3 Å². The van der Waals surface area contributed by atoms with E-state index in [0.29, 0.717) is 12.6 Å². The van der Waals surface area contributed by atoms with E-state index in [4.69, 9.17) is 11.6 Å². The maximum absolute atomic E-state index is 12.5. The predicted octanol–water partition coefficient (Wildman–Crippen LogP) is 3.73. The van der Waals surface area contributed by atoms with Gasteiger partial charge in [0, 0.05) is 18.1 Å². The summed E-state index contributed by atoms with van der Waals surface area (Å²) in [4.78, 5) is 16.6. The molecule has 1 aliphatic rings. The summed E-state index contributed by atoms with van der Waals surface area (Å²) in [5.74, 6) is 0.186. The molecule has 2 unspecified atom stereocenters. The first-order valence-electron chi connectivity index (χ1n) is 7.74. The molecule has 116 valence electrons. The van der Waals surface area contributed by atoms with Gasteiger partial charge >= 0.3 is 0 Å². The van der Waals surface area contributed by atoms with Gasteiger partial charge in [0.15, 0.2) is 0 Å². The normalized spacial score (nSPS) is 21.0. The second-order valence-corrected chi connectivity index (χ2v) is 6.48. The Morgan fingerprint density at radius 2 is 2.05 bits per heavy atom. The van der Waals surface area contributed by atoms with Crippen LogP contribution < -0.4 is 0 Å². The maximum Gasteiger partial charge on any atom is 0.237 e. The number of hydrogen-bond donors (Lipinski definition) is 0. The van der Waals surface area contributed by atoms with E-state index in [1.165, 1.54) is 19.3 Å². The number of likely N-dealkylation sites (N-methyl/N-ethyl adjacent to an activating group) is 1. The van der Waals surface area contributed by atoms with Crippen molar-refractivity contribution >= 4 is 17.5 Å². The Morgan fingerprint density at radius 1 is 1.38 bits per heavy atom. The lowest BCUT2D eigenvalue weighted by Gasteiger charge is -2.35. The van der Waals surface area contributed by atoms with Gasteiger partial charge in [-0.3, -0.25) is 9.69 Å². The van der Waals surface area contributed by atoms with E-state index in [-0.39, 0.29) is 11.9 Å². The van der Waals surface area contributed by atoms with Crippen molar-refractivity contribution < 1.29 is 4.79 Å². The van der Waals surface area contributed by atoms with Gasteiger partial charge in [-0.05, 0) is 50.9 Å². The highest BCUT2D eigenvalue weighted by Gasteiger charge is 2.24. The van der Waals surface area contributed by atoms with Crippen molar-refractivity contribution in [2.24, 2.45) is 0 Å². The molecule has 1 aliphatic heterocycles. The quantitative estimate of drug-likeness (QED) is 0.846. The molecule has 4 heteroatoms. The first-order valence-corrected chi connectivity index (χ1v) is 8.12. The van der Waals surface area contributed by atoms with Crippen molar-refractivity contribution in [3.63, 3.8) is 0 Å². The van der Waals surface area contributed by atoms with Crippen LogP contribution in [0.25, 0.3) is 0 Å². The number of benzene rings is 1. The largest absolute Gasteiger partial charge is 0.338 e. The molecule has 3 nitrogen and oxygen atoms in total. The summed E-state index contributed by atoms with van der Waals surface area (Å²) >= 11 is 5.92. The molecule has 0 saturated carbocycles. The van der Waals surface area contributed by atoms with Gasteiger partial charge in [0.1, 0.15) is 0 Å². The highest BCUT2D eigenvalue weighted by Crippen LogP contribution is 2.22. The van der Waals surface area contributed by atoms with Crippen molar-refractivity contribution in [1.82, 2.24) is 9.80 Å². The van der Waals surface area contributed by atoms with Crippen molar-refractivity contribution in [1.29, 1.82) is 0 Å². The summed E-state index contributed by atoms with van der Waals surface area (Å²) in [5.41, 5.74) is 1.11. The van der Waals surface area contributed by atoms with Crippen LogP contribution in [0.5, 0.6) is 0 Å². The number of amides is 1. The minimum Gasteiger partial charge on any atom is -0.338 e. The number of halogens is 1. The zero-order chi connectivity index (χ0) is 15.4. The molecule has 0 bridgehead atoms. The number of rotatable bonds is 4. The average Bonchev–Trinajstić information content (AvgIpc) is 2.49. The Labute approximate surface area is 132 Å². The van der Waals surface area contributed by atoms with E-state index in [1.54, 1.807) is 0 Å². The SMILES string of the molecule is CC1CCCCN1CC(=O)N(C)C(C)c1ccc(Cl)cc1. The van der Waals surface area contributed by atoms with Crippen LogP contribution in [-0.2, 0) is 4.79 Å². The fraction of sp³-hybridized carbons (Fsp3) is 0.588. The first kappa shape index (κ1) is 16.3. The van der Waals surface area contributed by atoms with E-state index in [2.05, 4.69) is 18.7 Å². The molecular formula is C17H25ClN2O. The third kappa shape index (κ3) is 4.21. The fourth-order valence-electron chi connectivity index (χ4n) is 2.86.